The Bertz CT molecular complexity index is 582. The van der Waals surface area contributed by atoms with E-state index in [0.717, 1.165) is 5.56 Å². The first-order valence-corrected chi connectivity index (χ1v) is 8.71. The van der Waals surface area contributed by atoms with Gasteiger partial charge in [-0.05, 0) is 29.9 Å². The van der Waals surface area contributed by atoms with Crippen molar-refractivity contribution in [1.29, 1.82) is 0 Å². The summed E-state index contributed by atoms with van der Waals surface area (Å²) in [5, 5.41) is 0. The number of hydrogen-bond acceptors (Lipinski definition) is 4. The van der Waals surface area contributed by atoms with Crippen molar-refractivity contribution in [3.63, 3.8) is 0 Å². The lowest BCUT2D eigenvalue weighted by molar-refractivity contribution is -0.164. The highest BCUT2D eigenvalue weighted by atomic mass is 16.6. The van der Waals surface area contributed by atoms with Gasteiger partial charge in [-0.2, -0.15) is 0 Å². The molecule has 2 unspecified atom stereocenters. The van der Waals surface area contributed by atoms with Crippen LogP contribution in [0.5, 0.6) is 0 Å². The van der Waals surface area contributed by atoms with Gasteiger partial charge in [0.2, 0.25) is 0 Å². The number of carbonyl (C=O) groups excluding carboxylic acids is 2. The van der Waals surface area contributed by atoms with Crippen LogP contribution in [0.25, 0.3) is 6.08 Å². The summed E-state index contributed by atoms with van der Waals surface area (Å²) in [6.45, 7) is 11.9. The molecule has 25 heavy (non-hydrogen) atoms. The second-order valence-corrected chi connectivity index (χ2v) is 7.75. The fourth-order valence-corrected chi connectivity index (χ4v) is 2.61. The minimum Gasteiger partial charge on any atom is -0.465 e. The lowest BCUT2D eigenvalue weighted by Crippen LogP contribution is -2.40. The van der Waals surface area contributed by atoms with E-state index in [-0.39, 0.29) is 17.3 Å². The number of benzene rings is 1. The molecule has 0 fully saturated rings. The molecule has 4 nitrogen and oxygen atoms in total. The standard InChI is InChI=1S/C21H30O4/c1-15(2)14-24-20(23)19(21(4,5)6)16(3)25-18(22)13-12-17-10-8-7-9-11-17/h7-13,15-16,19H,14H2,1-6H3/b13-12+. The first-order valence-electron chi connectivity index (χ1n) is 8.71. The molecule has 0 aromatic heterocycles. The van der Waals surface area contributed by atoms with Gasteiger partial charge in [0.05, 0.1) is 12.5 Å². The van der Waals surface area contributed by atoms with Gasteiger partial charge in [-0.25, -0.2) is 4.79 Å². The SMILES string of the molecule is CC(C)COC(=O)C(C(C)OC(=O)/C=C/c1ccccc1)C(C)(C)C. The molecule has 1 rings (SSSR count). The smallest absolute Gasteiger partial charge is 0.331 e. The van der Waals surface area contributed by atoms with E-state index in [0.29, 0.717) is 6.61 Å². The van der Waals surface area contributed by atoms with Crippen LogP contribution >= 0.6 is 0 Å². The minimum atomic E-state index is -0.576. The summed E-state index contributed by atoms with van der Waals surface area (Å²) < 4.78 is 10.8. The van der Waals surface area contributed by atoms with Crippen molar-refractivity contribution in [2.75, 3.05) is 6.61 Å². The lowest BCUT2D eigenvalue weighted by atomic mass is 9.77. The van der Waals surface area contributed by atoms with Crippen LogP contribution in [0.15, 0.2) is 36.4 Å². The maximum absolute atomic E-state index is 12.5. The Hall–Kier alpha value is -2.10. The highest BCUT2D eigenvalue weighted by Crippen LogP contribution is 2.31. The average Bonchev–Trinajstić information content (AvgIpc) is 2.50. The molecule has 138 valence electrons. The number of rotatable bonds is 7. The van der Waals surface area contributed by atoms with Crippen LogP contribution in [0.4, 0.5) is 0 Å². The van der Waals surface area contributed by atoms with Gasteiger partial charge in [-0.15, -0.1) is 0 Å². The Morgan fingerprint density at radius 1 is 1.08 bits per heavy atom. The number of esters is 2. The molecule has 0 aliphatic heterocycles. The Kier molecular flexibility index (Phi) is 7.88. The van der Waals surface area contributed by atoms with Crippen LogP contribution in [-0.2, 0) is 19.1 Å². The molecule has 1 aromatic rings. The largest absolute Gasteiger partial charge is 0.465 e. The van der Waals surface area contributed by atoms with Crippen molar-refractivity contribution in [3.8, 4) is 0 Å². The molecular formula is C21H30O4. The van der Waals surface area contributed by atoms with E-state index >= 15 is 0 Å². The zero-order valence-corrected chi connectivity index (χ0v) is 16.1. The molecule has 0 aliphatic rings. The molecule has 0 saturated heterocycles. The fourth-order valence-electron chi connectivity index (χ4n) is 2.61. The van der Waals surface area contributed by atoms with Crippen molar-refractivity contribution in [1.82, 2.24) is 0 Å². The van der Waals surface area contributed by atoms with Crippen LogP contribution in [0.2, 0.25) is 0 Å². The first kappa shape index (κ1) is 20.9. The molecule has 4 heteroatoms. The van der Waals surface area contributed by atoms with E-state index in [1.165, 1.54) is 6.08 Å². The van der Waals surface area contributed by atoms with Crippen molar-refractivity contribution < 1.29 is 19.1 Å². The van der Waals surface area contributed by atoms with Crippen molar-refractivity contribution in [2.24, 2.45) is 17.3 Å². The molecule has 2 atom stereocenters. The Labute approximate surface area is 151 Å². The summed E-state index contributed by atoms with van der Waals surface area (Å²) in [4.78, 5) is 24.6. The Balaban J connectivity index is 2.74. The van der Waals surface area contributed by atoms with E-state index in [9.17, 15) is 9.59 Å². The third-order valence-corrected chi connectivity index (χ3v) is 3.73. The fraction of sp³-hybridized carbons (Fsp3) is 0.524. The van der Waals surface area contributed by atoms with Gasteiger partial charge >= 0.3 is 11.9 Å². The maximum Gasteiger partial charge on any atom is 0.331 e. The average molecular weight is 346 g/mol. The molecule has 1 aromatic carbocycles. The zero-order valence-electron chi connectivity index (χ0n) is 16.1. The van der Waals surface area contributed by atoms with E-state index < -0.39 is 18.0 Å². The number of carbonyl (C=O) groups is 2. The summed E-state index contributed by atoms with van der Waals surface area (Å²) in [5.74, 6) is -1.06. The first-order chi connectivity index (χ1) is 11.6. The second kappa shape index (κ2) is 9.40. The van der Waals surface area contributed by atoms with E-state index in [4.69, 9.17) is 9.47 Å². The maximum atomic E-state index is 12.5. The van der Waals surface area contributed by atoms with E-state index in [1.54, 1.807) is 13.0 Å². The summed E-state index contributed by atoms with van der Waals surface area (Å²) in [6, 6.07) is 9.50. The summed E-state index contributed by atoms with van der Waals surface area (Å²) in [5.41, 5.74) is 0.535. The van der Waals surface area contributed by atoms with Gasteiger partial charge in [0, 0.05) is 6.08 Å². The zero-order chi connectivity index (χ0) is 19.0. The molecule has 0 spiro atoms. The topological polar surface area (TPSA) is 52.6 Å². The Morgan fingerprint density at radius 2 is 1.68 bits per heavy atom. The lowest BCUT2D eigenvalue weighted by Gasteiger charge is -2.33. The van der Waals surface area contributed by atoms with E-state index in [2.05, 4.69) is 0 Å². The van der Waals surface area contributed by atoms with Crippen molar-refractivity contribution in [2.45, 2.75) is 47.6 Å². The molecular weight excluding hydrogens is 316 g/mol. The number of ether oxygens (including phenoxy) is 2. The van der Waals surface area contributed by atoms with Crippen molar-refractivity contribution >= 4 is 18.0 Å². The monoisotopic (exact) mass is 346 g/mol. The molecule has 0 N–H and O–H groups in total. The quantitative estimate of drug-likeness (QED) is 0.539. The summed E-state index contributed by atoms with van der Waals surface area (Å²) in [6.07, 6.45) is 2.50. The second-order valence-electron chi connectivity index (χ2n) is 7.75. The van der Waals surface area contributed by atoms with Gasteiger partial charge in [-0.3, -0.25) is 4.79 Å². The minimum absolute atomic E-state index is 0.260. The normalized spacial score (nSPS) is 14.4. The van der Waals surface area contributed by atoms with Crippen molar-refractivity contribution in [3.05, 3.63) is 42.0 Å². The van der Waals surface area contributed by atoms with Crippen LogP contribution < -0.4 is 0 Å². The molecule has 0 aliphatic carbocycles. The van der Waals surface area contributed by atoms with Crippen LogP contribution in [0, 0.1) is 17.3 Å². The Morgan fingerprint density at radius 3 is 2.20 bits per heavy atom. The molecule has 0 heterocycles. The molecule has 0 saturated carbocycles. The van der Waals surface area contributed by atoms with Gasteiger partial charge in [-0.1, -0.05) is 65.0 Å². The highest BCUT2D eigenvalue weighted by Gasteiger charge is 2.39. The summed E-state index contributed by atoms with van der Waals surface area (Å²) in [7, 11) is 0. The van der Waals surface area contributed by atoms with Gasteiger partial charge in [0.1, 0.15) is 6.10 Å². The van der Waals surface area contributed by atoms with Crippen LogP contribution in [0.1, 0.15) is 47.1 Å². The van der Waals surface area contributed by atoms with Crippen LogP contribution in [-0.4, -0.2) is 24.6 Å². The van der Waals surface area contributed by atoms with Gasteiger partial charge in [0.15, 0.2) is 0 Å². The molecule has 0 amide bonds. The van der Waals surface area contributed by atoms with E-state index in [1.807, 2.05) is 65.0 Å². The van der Waals surface area contributed by atoms with Gasteiger partial charge < -0.3 is 9.47 Å². The predicted octanol–water partition coefficient (Wildman–Crippen LogP) is 4.49. The highest BCUT2D eigenvalue weighted by molar-refractivity contribution is 5.87. The molecule has 0 radical (unpaired) electrons. The van der Waals surface area contributed by atoms with Crippen LogP contribution in [0.3, 0.4) is 0 Å². The molecule has 0 bridgehead atoms. The third kappa shape index (κ3) is 7.55. The summed E-state index contributed by atoms with van der Waals surface area (Å²) >= 11 is 0. The number of hydrogen-bond donors (Lipinski definition) is 0. The third-order valence-electron chi connectivity index (χ3n) is 3.73. The predicted molar refractivity (Wildman–Crippen MR) is 99.8 cm³/mol. The van der Waals surface area contributed by atoms with Gasteiger partial charge in [0.25, 0.3) is 0 Å².